The number of aromatic nitrogens is 1. The molecule has 3 rings (SSSR count). The molecule has 3 aromatic rings. The van der Waals surface area contributed by atoms with Crippen molar-refractivity contribution >= 4 is 46.8 Å². The van der Waals surface area contributed by atoms with Crippen molar-refractivity contribution in [3.05, 3.63) is 52.6 Å². The number of furan rings is 1. The Hall–Kier alpha value is -3.11. The first kappa shape index (κ1) is 21.6. The number of aryl methyl sites for hydroxylation is 1. The number of ether oxygens (including phenoxy) is 1. The third kappa shape index (κ3) is 4.89. The predicted octanol–water partition coefficient (Wildman–Crippen LogP) is 3.72. The molecule has 2 heterocycles. The number of hydrogen-bond acceptors (Lipinski definition) is 8. The summed E-state index contributed by atoms with van der Waals surface area (Å²) in [7, 11) is 0. The van der Waals surface area contributed by atoms with Gasteiger partial charge in [0.25, 0.3) is 5.91 Å². The van der Waals surface area contributed by atoms with Gasteiger partial charge in [0.05, 0.1) is 18.1 Å². The van der Waals surface area contributed by atoms with E-state index in [0.717, 1.165) is 15.6 Å². The normalized spacial score (nSPS) is 10.6. The fourth-order valence-corrected chi connectivity index (χ4v) is 4.31. The number of rotatable bonds is 8. The van der Waals surface area contributed by atoms with Gasteiger partial charge in [-0.1, -0.05) is 42.1 Å². The monoisotopic (exact) mass is 445 g/mol. The quantitative estimate of drug-likeness (QED) is 0.400. The molecule has 8 nitrogen and oxygen atoms in total. The van der Waals surface area contributed by atoms with E-state index in [2.05, 4.69) is 10.3 Å². The van der Waals surface area contributed by atoms with Crippen molar-refractivity contribution in [3.8, 4) is 11.3 Å². The smallest absolute Gasteiger partial charge is 0.342 e. The summed E-state index contributed by atoms with van der Waals surface area (Å²) in [5.41, 5.74) is 6.93. The maximum atomic E-state index is 12.4. The zero-order chi connectivity index (χ0) is 21.7. The lowest BCUT2D eigenvalue weighted by atomic mass is 10.1. The first-order valence-electron chi connectivity index (χ1n) is 8.94. The number of benzene rings is 1. The SMILES string of the molecule is CCOC(=O)c1c(C)oc(NC(=O)CSc2nc(-c3ccccc3)cs2)c1C(N)=O. The number of nitrogens with zero attached hydrogens (tertiary/aromatic N) is 1. The molecule has 0 bridgehead atoms. The summed E-state index contributed by atoms with van der Waals surface area (Å²) in [4.78, 5) is 40.8. The Morgan fingerprint density at radius 1 is 1.23 bits per heavy atom. The highest BCUT2D eigenvalue weighted by Gasteiger charge is 2.29. The second kappa shape index (κ2) is 9.59. The molecule has 0 aliphatic carbocycles. The molecule has 2 aromatic heterocycles. The third-order valence-corrected chi connectivity index (χ3v) is 5.96. The lowest BCUT2D eigenvalue weighted by Crippen LogP contribution is -2.21. The summed E-state index contributed by atoms with van der Waals surface area (Å²) in [6.07, 6.45) is 0. The van der Waals surface area contributed by atoms with Gasteiger partial charge in [-0.3, -0.25) is 14.9 Å². The van der Waals surface area contributed by atoms with E-state index in [0.29, 0.717) is 0 Å². The Labute approximate surface area is 180 Å². The van der Waals surface area contributed by atoms with Crippen LogP contribution in [-0.2, 0) is 9.53 Å². The number of nitrogens with two attached hydrogens (primary N) is 1. The Morgan fingerprint density at radius 3 is 2.63 bits per heavy atom. The van der Waals surface area contributed by atoms with Crippen LogP contribution in [-0.4, -0.2) is 35.1 Å². The van der Waals surface area contributed by atoms with Gasteiger partial charge in [0, 0.05) is 10.9 Å². The summed E-state index contributed by atoms with van der Waals surface area (Å²) in [5.74, 6) is -2.06. The van der Waals surface area contributed by atoms with Crippen LogP contribution in [0.1, 0.15) is 33.4 Å². The highest BCUT2D eigenvalue weighted by molar-refractivity contribution is 8.01. The molecule has 0 spiro atoms. The van der Waals surface area contributed by atoms with Crippen molar-refractivity contribution in [2.24, 2.45) is 5.73 Å². The van der Waals surface area contributed by atoms with Gasteiger partial charge in [-0.2, -0.15) is 0 Å². The fourth-order valence-electron chi connectivity index (χ4n) is 2.67. The number of carbonyl (C=O) groups excluding carboxylic acids is 3. The van der Waals surface area contributed by atoms with Crippen LogP contribution in [0.4, 0.5) is 5.88 Å². The van der Waals surface area contributed by atoms with Gasteiger partial charge >= 0.3 is 5.97 Å². The molecule has 2 amide bonds. The molecule has 30 heavy (non-hydrogen) atoms. The number of thiazole rings is 1. The van der Waals surface area contributed by atoms with E-state index in [4.69, 9.17) is 14.9 Å². The topological polar surface area (TPSA) is 125 Å². The average molecular weight is 446 g/mol. The minimum absolute atomic E-state index is 0.0361. The minimum atomic E-state index is -0.898. The third-order valence-electron chi connectivity index (χ3n) is 3.94. The molecule has 156 valence electrons. The van der Waals surface area contributed by atoms with Crippen molar-refractivity contribution < 1.29 is 23.5 Å². The second-order valence-corrected chi connectivity index (χ2v) is 8.10. The van der Waals surface area contributed by atoms with Crippen molar-refractivity contribution in [3.63, 3.8) is 0 Å². The number of thioether (sulfide) groups is 1. The summed E-state index contributed by atoms with van der Waals surface area (Å²) < 4.78 is 11.1. The molecule has 0 aliphatic heterocycles. The van der Waals surface area contributed by atoms with Crippen molar-refractivity contribution in [2.75, 3.05) is 17.7 Å². The Balaban J connectivity index is 1.68. The van der Waals surface area contributed by atoms with Gasteiger partial charge < -0.3 is 14.9 Å². The first-order chi connectivity index (χ1) is 14.4. The molecular weight excluding hydrogens is 426 g/mol. The van der Waals surface area contributed by atoms with E-state index < -0.39 is 17.8 Å². The lowest BCUT2D eigenvalue weighted by molar-refractivity contribution is -0.113. The van der Waals surface area contributed by atoms with Crippen LogP contribution in [0.25, 0.3) is 11.3 Å². The Kier molecular flexibility index (Phi) is 6.91. The van der Waals surface area contributed by atoms with Crippen LogP contribution in [0, 0.1) is 6.92 Å². The Morgan fingerprint density at radius 2 is 1.97 bits per heavy atom. The molecule has 1 aromatic carbocycles. The van der Waals surface area contributed by atoms with Gasteiger partial charge in [0.2, 0.25) is 11.8 Å². The number of nitrogens with one attached hydrogen (secondary N) is 1. The number of primary amides is 1. The van der Waals surface area contributed by atoms with E-state index in [1.165, 1.54) is 30.0 Å². The van der Waals surface area contributed by atoms with Gasteiger partial charge in [0.1, 0.15) is 16.9 Å². The highest BCUT2D eigenvalue weighted by Crippen LogP contribution is 2.30. The number of esters is 1. The summed E-state index contributed by atoms with van der Waals surface area (Å²) >= 11 is 2.68. The molecule has 0 unspecified atom stereocenters. The molecule has 0 radical (unpaired) electrons. The average Bonchev–Trinajstić information content (AvgIpc) is 3.31. The van der Waals surface area contributed by atoms with Crippen molar-refractivity contribution in [1.29, 1.82) is 0 Å². The molecule has 0 saturated carbocycles. The Bertz CT molecular complexity index is 1080. The van der Waals surface area contributed by atoms with E-state index >= 15 is 0 Å². The van der Waals surface area contributed by atoms with E-state index in [-0.39, 0.29) is 35.1 Å². The lowest BCUT2D eigenvalue weighted by Gasteiger charge is -2.04. The molecule has 0 saturated heterocycles. The van der Waals surface area contributed by atoms with Crippen LogP contribution in [0.3, 0.4) is 0 Å². The number of amides is 2. The standard InChI is InChI=1S/C20H19N3O5S2/c1-3-27-19(26)15-11(2)28-18(16(15)17(21)25)23-14(24)10-30-20-22-13(9-29-20)12-7-5-4-6-8-12/h4-9H,3,10H2,1-2H3,(H2,21,25)(H,23,24). The van der Waals surface area contributed by atoms with Crippen LogP contribution < -0.4 is 11.1 Å². The van der Waals surface area contributed by atoms with Crippen LogP contribution in [0.2, 0.25) is 0 Å². The van der Waals surface area contributed by atoms with E-state index in [9.17, 15) is 14.4 Å². The number of hydrogen-bond donors (Lipinski definition) is 2. The predicted molar refractivity (Wildman–Crippen MR) is 115 cm³/mol. The van der Waals surface area contributed by atoms with Gasteiger partial charge in [-0.05, 0) is 13.8 Å². The summed E-state index contributed by atoms with van der Waals surface area (Å²) in [5, 5.41) is 4.42. The second-order valence-electron chi connectivity index (χ2n) is 6.02. The van der Waals surface area contributed by atoms with E-state index in [1.807, 2.05) is 35.7 Å². The summed E-state index contributed by atoms with van der Waals surface area (Å²) in [6.45, 7) is 3.25. The maximum absolute atomic E-state index is 12.4. The first-order valence-corrected chi connectivity index (χ1v) is 10.8. The van der Waals surface area contributed by atoms with Crippen molar-refractivity contribution in [2.45, 2.75) is 18.2 Å². The van der Waals surface area contributed by atoms with Gasteiger partial charge in [-0.15, -0.1) is 11.3 Å². The number of carbonyl (C=O) groups is 3. The largest absolute Gasteiger partial charge is 0.462 e. The van der Waals surface area contributed by atoms with Crippen LogP contribution in [0.15, 0.2) is 44.5 Å². The van der Waals surface area contributed by atoms with Gasteiger partial charge in [-0.25, -0.2) is 9.78 Å². The van der Waals surface area contributed by atoms with Crippen LogP contribution >= 0.6 is 23.1 Å². The number of anilines is 1. The van der Waals surface area contributed by atoms with Crippen LogP contribution in [0.5, 0.6) is 0 Å². The molecule has 0 atom stereocenters. The highest BCUT2D eigenvalue weighted by atomic mass is 32.2. The van der Waals surface area contributed by atoms with Crippen molar-refractivity contribution in [1.82, 2.24) is 4.98 Å². The molecular formula is C20H19N3O5S2. The van der Waals surface area contributed by atoms with Gasteiger partial charge in [0.15, 0.2) is 4.34 Å². The minimum Gasteiger partial charge on any atom is -0.462 e. The molecule has 10 heteroatoms. The van der Waals surface area contributed by atoms with E-state index in [1.54, 1.807) is 6.92 Å². The molecule has 3 N–H and O–H groups in total. The maximum Gasteiger partial charge on any atom is 0.342 e. The zero-order valence-corrected chi connectivity index (χ0v) is 17.9. The molecule has 0 aliphatic rings. The summed E-state index contributed by atoms with van der Waals surface area (Å²) in [6, 6.07) is 9.71. The zero-order valence-electron chi connectivity index (χ0n) is 16.3. The molecule has 0 fully saturated rings. The fraction of sp³-hybridized carbons (Fsp3) is 0.200.